The van der Waals surface area contributed by atoms with E-state index in [0.717, 1.165) is 49.6 Å². The number of rotatable bonds is 4. The van der Waals surface area contributed by atoms with Crippen molar-refractivity contribution < 1.29 is 4.39 Å². The van der Waals surface area contributed by atoms with Crippen LogP contribution in [0.15, 0.2) is 41.6 Å². The summed E-state index contributed by atoms with van der Waals surface area (Å²) in [7, 11) is 0. The Kier molecular flexibility index (Phi) is 5.01. The number of hydrogen-bond donors (Lipinski definition) is 1. The number of imidazole rings is 2. The molecule has 4 aromatic rings. The molecule has 4 aromatic heterocycles. The zero-order chi connectivity index (χ0) is 22.5. The second-order valence-electron chi connectivity index (χ2n) is 9.68. The van der Waals surface area contributed by atoms with Crippen molar-refractivity contribution in [2.45, 2.75) is 57.2 Å². The summed E-state index contributed by atoms with van der Waals surface area (Å²) in [6, 6.07) is 6.00. The van der Waals surface area contributed by atoms with Crippen LogP contribution in [0.1, 0.15) is 61.8 Å². The first kappa shape index (κ1) is 20.5. The van der Waals surface area contributed by atoms with Crippen molar-refractivity contribution in [2.24, 2.45) is 5.92 Å². The largest absolute Gasteiger partial charge is 0.307 e. The Morgan fingerprint density at radius 1 is 1.18 bits per heavy atom. The Hall–Kier alpha value is -3.07. The second-order valence-corrected chi connectivity index (χ2v) is 9.68. The smallest absolute Gasteiger partial charge is 0.276 e. The SMILES string of the molecule is CC1CN(Cc2cn3ccccc3n2)CC1c1nn2c(C3CCC(F)CC3)ncc2c(=O)[nH]1. The Bertz CT molecular complexity index is 1320. The second kappa shape index (κ2) is 8.06. The number of pyridine rings is 1. The van der Waals surface area contributed by atoms with Gasteiger partial charge in [0.1, 0.15) is 23.5 Å². The molecule has 172 valence electrons. The number of aromatic nitrogens is 6. The fraction of sp³-hybridized carbons (Fsp3) is 0.500. The van der Waals surface area contributed by atoms with Gasteiger partial charge in [-0.05, 0) is 43.7 Å². The van der Waals surface area contributed by atoms with Crippen LogP contribution >= 0.6 is 0 Å². The minimum absolute atomic E-state index is 0.121. The third-order valence-corrected chi connectivity index (χ3v) is 7.31. The summed E-state index contributed by atoms with van der Waals surface area (Å²) in [5.74, 6) is 2.11. The molecule has 2 unspecified atom stereocenters. The lowest BCUT2D eigenvalue weighted by atomic mass is 9.87. The first-order valence-corrected chi connectivity index (χ1v) is 11.8. The lowest BCUT2D eigenvalue weighted by Gasteiger charge is -2.23. The van der Waals surface area contributed by atoms with E-state index in [0.29, 0.717) is 30.1 Å². The molecule has 8 nitrogen and oxygen atoms in total. The van der Waals surface area contributed by atoms with Crippen LogP contribution < -0.4 is 5.56 Å². The van der Waals surface area contributed by atoms with Crippen molar-refractivity contribution in [1.29, 1.82) is 0 Å². The van der Waals surface area contributed by atoms with Crippen molar-refractivity contribution in [1.82, 2.24) is 33.9 Å². The Morgan fingerprint density at radius 2 is 2.03 bits per heavy atom. The van der Waals surface area contributed by atoms with Gasteiger partial charge in [0.2, 0.25) is 0 Å². The van der Waals surface area contributed by atoms with Gasteiger partial charge in [0.15, 0.2) is 5.52 Å². The van der Waals surface area contributed by atoms with Gasteiger partial charge in [-0.2, -0.15) is 5.10 Å². The minimum Gasteiger partial charge on any atom is -0.307 e. The third-order valence-electron chi connectivity index (χ3n) is 7.31. The highest BCUT2D eigenvalue weighted by atomic mass is 19.1. The van der Waals surface area contributed by atoms with Crippen molar-refractivity contribution >= 4 is 11.2 Å². The average molecular weight is 450 g/mol. The van der Waals surface area contributed by atoms with E-state index in [1.165, 1.54) is 0 Å². The number of alkyl halides is 1. The van der Waals surface area contributed by atoms with E-state index in [2.05, 4.69) is 28.0 Å². The molecule has 2 atom stereocenters. The van der Waals surface area contributed by atoms with E-state index >= 15 is 0 Å². The van der Waals surface area contributed by atoms with Gasteiger partial charge in [0.05, 0.1) is 11.9 Å². The predicted molar refractivity (Wildman–Crippen MR) is 122 cm³/mol. The lowest BCUT2D eigenvalue weighted by molar-refractivity contribution is 0.231. The van der Waals surface area contributed by atoms with Crippen LogP contribution in [0.5, 0.6) is 0 Å². The molecule has 0 spiro atoms. The topological polar surface area (TPSA) is 83.6 Å². The maximum atomic E-state index is 13.6. The van der Waals surface area contributed by atoms with E-state index < -0.39 is 6.17 Å². The summed E-state index contributed by atoms with van der Waals surface area (Å²) in [4.78, 5) is 27.5. The molecule has 1 saturated heterocycles. The fourth-order valence-corrected chi connectivity index (χ4v) is 5.53. The quantitative estimate of drug-likeness (QED) is 0.517. The highest BCUT2D eigenvalue weighted by Gasteiger charge is 2.34. The Morgan fingerprint density at radius 3 is 2.85 bits per heavy atom. The molecule has 1 aliphatic heterocycles. The van der Waals surface area contributed by atoms with E-state index in [4.69, 9.17) is 10.1 Å². The van der Waals surface area contributed by atoms with Gasteiger partial charge in [0, 0.05) is 43.9 Å². The first-order valence-electron chi connectivity index (χ1n) is 11.8. The summed E-state index contributed by atoms with van der Waals surface area (Å²) < 4.78 is 17.4. The number of hydrogen-bond acceptors (Lipinski definition) is 5. The van der Waals surface area contributed by atoms with Crippen molar-refractivity contribution in [2.75, 3.05) is 13.1 Å². The molecule has 0 radical (unpaired) electrons. The molecule has 0 amide bonds. The molecule has 9 heteroatoms. The van der Waals surface area contributed by atoms with Crippen LogP contribution in [0.2, 0.25) is 0 Å². The molecule has 1 aliphatic carbocycles. The van der Waals surface area contributed by atoms with E-state index in [1.54, 1.807) is 10.7 Å². The Balaban J connectivity index is 1.26. The molecule has 2 aliphatic rings. The molecule has 33 heavy (non-hydrogen) atoms. The van der Waals surface area contributed by atoms with Gasteiger partial charge in [-0.3, -0.25) is 9.69 Å². The molecule has 2 fully saturated rings. The zero-order valence-corrected chi connectivity index (χ0v) is 18.7. The number of fused-ring (bicyclic) bond motifs is 2. The summed E-state index contributed by atoms with van der Waals surface area (Å²) in [6.45, 7) is 4.69. The number of likely N-dealkylation sites (tertiary alicyclic amines) is 1. The van der Waals surface area contributed by atoms with Gasteiger partial charge >= 0.3 is 0 Å². The molecule has 0 bridgehead atoms. The number of nitrogens with zero attached hydrogens (tertiary/aromatic N) is 6. The van der Waals surface area contributed by atoms with Crippen molar-refractivity contribution in [3.05, 3.63) is 64.5 Å². The fourth-order valence-electron chi connectivity index (χ4n) is 5.53. The van der Waals surface area contributed by atoms with Crippen LogP contribution in [0.25, 0.3) is 11.2 Å². The average Bonchev–Trinajstić information content (AvgIpc) is 3.50. The summed E-state index contributed by atoms with van der Waals surface area (Å²) in [5.41, 5.74) is 2.28. The molecular formula is C24H28FN7O. The number of halogens is 1. The number of aromatic amines is 1. The maximum absolute atomic E-state index is 13.6. The van der Waals surface area contributed by atoms with Gasteiger partial charge in [0.25, 0.3) is 5.56 Å². The summed E-state index contributed by atoms with van der Waals surface area (Å²) in [6.07, 6.45) is 7.55. The summed E-state index contributed by atoms with van der Waals surface area (Å²) in [5, 5.41) is 4.86. The summed E-state index contributed by atoms with van der Waals surface area (Å²) >= 11 is 0. The van der Waals surface area contributed by atoms with E-state index in [1.807, 2.05) is 28.8 Å². The molecule has 6 rings (SSSR count). The van der Waals surface area contributed by atoms with Crippen molar-refractivity contribution in [3.8, 4) is 0 Å². The number of nitrogens with one attached hydrogen (secondary N) is 1. The monoisotopic (exact) mass is 449 g/mol. The number of H-pyrrole nitrogens is 1. The minimum atomic E-state index is -0.724. The highest BCUT2D eigenvalue weighted by molar-refractivity contribution is 5.43. The molecule has 1 saturated carbocycles. The molecule has 5 heterocycles. The lowest BCUT2D eigenvalue weighted by Crippen LogP contribution is -2.24. The van der Waals surface area contributed by atoms with E-state index in [9.17, 15) is 9.18 Å². The first-order chi connectivity index (χ1) is 16.0. The van der Waals surface area contributed by atoms with Crippen LogP contribution in [-0.4, -0.2) is 53.1 Å². The Labute approximate surface area is 190 Å². The van der Waals surface area contributed by atoms with Gasteiger partial charge in [-0.1, -0.05) is 13.0 Å². The predicted octanol–water partition coefficient (Wildman–Crippen LogP) is 3.30. The van der Waals surface area contributed by atoms with Gasteiger partial charge < -0.3 is 9.38 Å². The zero-order valence-electron chi connectivity index (χ0n) is 18.7. The van der Waals surface area contributed by atoms with Crippen LogP contribution in [0, 0.1) is 5.92 Å². The van der Waals surface area contributed by atoms with Gasteiger partial charge in [-0.25, -0.2) is 18.9 Å². The third kappa shape index (κ3) is 3.74. The molecule has 0 aromatic carbocycles. The normalized spacial score (nSPS) is 26.5. The van der Waals surface area contributed by atoms with Gasteiger partial charge in [-0.15, -0.1) is 0 Å². The molecular weight excluding hydrogens is 421 g/mol. The van der Waals surface area contributed by atoms with Crippen molar-refractivity contribution in [3.63, 3.8) is 0 Å². The van der Waals surface area contributed by atoms with Crippen LogP contribution in [0.4, 0.5) is 4.39 Å². The van der Waals surface area contributed by atoms with Crippen LogP contribution in [0.3, 0.4) is 0 Å². The standard InChI is InChI=1S/C24H28FN7O/c1-15-11-30(12-18-13-31-9-3-2-4-21(31)27-18)14-19(15)22-28-24(33)20-10-26-23(32(20)29-22)16-5-7-17(25)8-6-16/h2-4,9-10,13,15-17,19H,5-8,11-12,14H2,1H3,(H,28,29,33). The van der Waals surface area contributed by atoms with E-state index in [-0.39, 0.29) is 17.4 Å². The highest BCUT2D eigenvalue weighted by Crippen LogP contribution is 2.34. The maximum Gasteiger partial charge on any atom is 0.276 e. The molecule has 1 N–H and O–H groups in total. The van der Waals surface area contributed by atoms with Crippen LogP contribution in [-0.2, 0) is 6.54 Å².